The Balaban J connectivity index is 2.17. The number of nitrogens with zero attached hydrogens (tertiary/aromatic N) is 3. The molecule has 0 spiro atoms. The van der Waals surface area contributed by atoms with Gasteiger partial charge in [0.25, 0.3) is 0 Å². The quantitative estimate of drug-likeness (QED) is 0.705. The van der Waals surface area contributed by atoms with Crippen molar-refractivity contribution in [1.82, 2.24) is 20.1 Å². The number of amides is 1. The Hall–Kier alpha value is -1.71. The van der Waals surface area contributed by atoms with Gasteiger partial charge in [-0.15, -0.1) is 10.2 Å². The van der Waals surface area contributed by atoms with Crippen LogP contribution >= 0.6 is 0 Å². The van der Waals surface area contributed by atoms with Crippen LogP contribution in [-0.4, -0.2) is 52.8 Å². The minimum Gasteiger partial charge on any atom is -0.365 e. The van der Waals surface area contributed by atoms with E-state index < -0.39 is 31.5 Å². The van der Waals surface area contributed by atoms with Crippen LogP contribution in [0.2, 0.25) is 0 Å². The maximum Gasteiger partial charge on any atom is 0.330 e. The summed E-state index contributed by atoms with van der Waals surface area (Å²) in [5, 5.41) is 9.79. The van der Waals surface area contributed by atoms with Gasteiger partial charge < -0.3 is 14.6 Å². The second-order valence-corrected chi connectivity index (χ2v) is 4.01. The molecule has 1 aromatic rings. The molecule has 0 aliphatic heterocycles. The lowest BCUT2D eigenvalue weighted by atomic mass is 10.4. The van der Waals surface area contributed by atoms with Crippen molar-refractivity contribution in [2.45, 2.75) is 18.8 Å². The van der Waals surface area contributed by atoms with Gasteiger partial charge in [0.15, 0.2) is 0 Å². The lowest BCUT2D eigenvalue weighted by Crippen LogP contribution is -2.35. The van der Waals surface area contributed by atoms with Crippen molar-refractivity contribution in [3.05, 3.63) is 12.2 Å². The molecule has 0 aromatic carbocycles. The predicted molar refractivity (Wildman–Crippen MR) is 59.5 cm³/mol. The highest BCUT2D eigenvalue weighted by atomic mass is 19.3. The lowest BCUT2D eigenvalue weighted by Gasteiger charge is -2.14. The predicted octanol–water partition coefficient (Wildman–Crippen LogP) is 0.391. The third-order valence-electron chi connectivity index (χ3n) is 2.32. The van der Waals surface area contributed by atoms with Crippen molar-refractivity contribution in [3.63, 3.8) is 0 Å². The number of nitrogens with one attached hydrogen (secondary N) is 1. The summed E-state index contributed by atoms with van der Waals surface area (Å²) in [5.41, 5.74) is 0. The molecule has 0 aliphatic rings. The molecule has 20 heavy (non-hydrogen) atoms. The second kappa shape index (κ2) is 7.17. The van der Waals surface area contributed by atoms with Crippen LogP contribution in [0.15, 0.2) is 6.33 Å². The zero-order chi connectivity index (χ0) is 15.2. The number of hydrogen-bond donors (Lipinski definition) is 1. The van der Waals surface area contributed by atoms with Gasteiger partial charge in [-0.1, -0.05) is 0 Å². The van der Waals surface area contributed by atoms with Gasteiger partial charge >= 0.3 is 12.3 Å². The Morgan fingerprint density at radius 2 is 2.25 bits per heavy atom. The van der Waals surface area contributed by atoms with E-state index in [0.717, 1.165) is 0 Å². The van der Waals surface area contributed by atoms with E-state index in [1.807, 2.05) is 0 Å². The number of halogens is 4. The highest BCUT2D eigenvalue weighted by molar-refractivity contribution is 5.77. The number of carbonyl (C=O) groups is 1. The summed E-state index contributed by atoms with van der Waals surface area (Å²) in [6.45, 7) is -2.00. The molecule has 0 fully saturated rings. The average molecular weight is 298 g/mol. The highest BCUT2D eigenvalue weighted by Crippen LogP contribution is 2.22. The van der Waals surface area contributed by atoms with Crippen LogP contribution in [-0.2, 0) is 23.0 Å². The molecule has 0 saturated carbocycles. The van der Waals surface area contributed by atoms with Crippen LogP contribution in [0, 0.1) is 0 Å². The molecule has 0 bridgehead atoms. The van der Waals surface area contributed by atoms with Gasteiger partial charge in [-0.2, -0.15) is 8.78 Å². The molecule has 0 saturated heterocycles. The molecule has 1 aromatic heterocycles. The molecule has 1 amide bonds. The first-order valence-electron chi connectivity index (χ1n) is 5.66. The van der Waals surface area contributed by atoms with E-state index in [2.05, 4.69) is 20.3 Å². The third-order valence-corrected chi connectivity index (χ3v) is 2.32. The van der Waals surface area contributed by atoms with E-state index >= 15 is 0 Å². The highest BCUT2D eigenvalue weighted by Gasteiger charge is 2.41. The summed E-state index contributed by atoms with van der Waals surface area (Å²) >= 11 is 0. The molecule has 6 nitrogen and oxygen atoms in total. The van der Waals surface area contributed by atoms with Crippen LogP contribution in [0.4, 0.5) is 17.6 Å². The first-order valence-corrected chi connectivity index (χ1v) is 5.66. The Morgan fingerprint density at radius 3 is 2.80 bits per heavy atom. The Morgan fingerprint density at radius 1 is 1.55 bits per heavy atom. The molecule has 1 rings (SSSR count). The summed E-state index contributed by atoms with van der Waals surface area (Å²) in [7, 11) is 1.73. The number of ether oxygens (including phenoxy) is 1. The van der Waals surface area contributed by atoms with Gasteiger partial charge in [0.1, 0.15) is 25.4 Å². The van der Waals surface area contributed by atoms with E-state index in [1.54, 1.807) is 11.6 Å². The fourth-order valence-corrected chi connectivity index (χ4v) is 1.24. The van der Waals surface area contributed by atoms with Gasteiger partial charge in [0, 0.05) is 20.0 Å². The topological polar surface area (TPSA) is 69.0 Å². The maximum atomic E-state index is 12.5. The molecule has 114 valence electrons. The molecule has 0 atom stereocenters. The zero-order valence-corrected chi connectivity index (χ0v) is 10.7. The van der Waals surface area contributed by atoms with Crippen molar-refractivity contribution in [3.8, 4) is 0 Å². The van der Waals surface area contributed by atoms with Gasteiger partial charge in [0.05, 0.1) is 0 Å². The zero-order valence-electron chi connectivity index (χ0n) is 10.7. The van der Waals surface area contributed by atoms with E-state index in [1.165, 1.54) is 6.33 Å². The molecule has 10 heteroatoms. The average Bonchev–Trinajstić information content (AvgIpc) is 2.75. The van der Waals surface area contributed by atoms with Crippen LogP contribution in [0.5, 0.6) is 0 Å². The molecule has 1 N–H and O–H groups in total. The molecule has 0 aliphatic carbocycles. The smallest absolute Gasteiger partial charge is 0.330 e. The minimum atomic E-state index is -4.25. The van der Waals surface area contributed by atoms with Crippen LogP contribution in [0.1, 0.15) is 5.82 Å². The number of alkyl halides is 4. The number of aromatic nitrogens is 3. The number of hydrogen-bond acceptors (Lipinski definition) is 4. The van der Waals surface area contributed by atoms with Gasteiger partial charge in [0.2, 0.25) is 5.91 Å². The molecule has 0 unspecified atom stereocenters. The number of carbonyl (C=O) groups excluding carboxylic acids is 1. The van der Waals surface area contributed by atoms with Crippen LogP contribution < -0.4 is 5.32 Å². The number of aryl methyl sites for hydroxylation is 1. The summed E-state index contributed by atoms with van der Waals surface area (Å²) in [6.07, 6.45) is -1.93. The molecule has 1 heterocycles. The fourth-order valence-electron chi connectivity index (χ4n) is 1.24. The first kappa shape index (κ1) is 16.3. The lowest BCUT2D eigenvalue weighted by molar-refractivity contribution is -0.168. The van der Waals surface area contributed by atoms with E-state index in [0.29, 0.717) is 12.2 Å². The summed E-state index contributed by atoms with van der Waals surface area (Å²) in [6, 6.07) is 0. The molecular weight excluding hydrogens is 284 g/mol. The number of rotatable bonds is 8. The SMILES string of the molecule is Cn1cnnc1CCNC(=O)COCC(F)(F)C(F)F. The Kier molecular flexibility index (Phi) is 5.86. The van der Waals surface area contributed by atoms with Crippen molar-refractivity contribution in [2.24, 2.45) is 7.05 Å². The van der Waals surface area contributed by atoms with E-state index in [-0.39, 0.29) is 6.54 Å². The summed E-state index contributed by atoms with van der Waals surface area (Å²) < 4.78 is 54.4. The summed E-state index contributed by atoms with van der Waals surface area (Å²) in [5.74, 6) is -4.29. The fraction of sp³-hybridized carbons (Fsp3) is 0.700. The Labute approximate surface area is 112 Å². The normalized spacial score (nSPS) is 11.9. The monoisotopic (exact) mass is 298 g/mol. The minimum absolute atomic E-state index is 0.208. The third kappa shape index (κ3) is 5.11. The first-order chi connectivity index (χ1) is 9.33. The van der Waals surface area contributed by atoms with Crippen molar-refractivity contribution < 1.29 is 27.1 Å². The maximum absolute atomic E-state index is 12.5. The van der Waals surface area contributed by atoms with Gasteiger partial charge in [-0.25, -0.2) is 8.78 Å². The molecule has 0 radical (unpaired) electrons. The van der Waals surface area contributed by atoms with Crippen LogP contribution in [0.3, 0.4) is 0 Å². The summed E-state index contributed by atoms with van der Waals surface area (Å²) in [4.78, 5) is 11.2. The molecular formula is C10H14F4N4O2. The van der Waals surface area contributed by atoms with Crippen molar-refractivity contribution >= 4 is 5.91 Å². The van der Waals surface area contributed by atoms with Crippen molar-refractivity contribution in [1.29, 1.82) is 0 Å². The second-order valence-electron chi connectivity index (χ2n) is 4.01. The Bertz CT molecular complexity index is 439. The van der Waals surface area contributed by atoms with Gasteiger partial charge in [-0.3, -0.25) is 4.79 Å². The van der Waals surface area contributed by atoms with Crippen LogP contribution in [0.25, 0.3) is 0 Å². The van der Waals surface area contributed by atoms with E-state index in [9.17, 15) is 22.4 Å². The van der Waals surface area contributed by atoms with Crippen molar-refractivity contribution in [2.75, 3.05) is 19.8 Å². The van der Waals surface area contributed by atoms with E-state index in [4.69, 9.17) is 0 Å². The van der Waals surface area contributed by atoms with Gasteiger partial charge in [-0.05, 0) is 0 Å². The largest absolute Gasteiger partial charge is 0.365 e. The standard InChI is InChI=1S/C10H14F4N4O2/c1-18-6-16-17-7(18)2-3-15-8(19)4-20-5-10(13,14)9(11)12/h6,9H,2-5H2,1H3,(H,15,19).